The molecule has 1 aromatic heterocycles. The number of fused-ring (bicyclic) bond motifs is 1. The quantitative estimate of drug-likeness (QED) is 0.692. The molecule has 1 aliphatic heterocycles. The number of hydrogen-bond acceptors (Lipinski definition) is 3. The normalized spacial score (nSPS) is 15.2. The van der Waals surface area contributed by atoms with Crippen LogP contribution in [0.1, 0.15) is 18.2 Å². The number of benzene rings is 2. The predicted molar refractivity (Wildman–Crippen MR) is 105 cm³/mol. The van der Waals surface area contributed by atoms with Crippen LogP contribution in [0, 0.1) is 12.7 Å². The second-order valence-corrected chi connectivity index (χ2v) is 6.91. The molecular formula is C20H16ClFN4O2. The van der Waals surface area contributed by atoms with Gasteiger partial charge in [0, 0.05) is 11.3 Å². The highest BCUT2D eigenvalue weighted by Gasteiger charge is 2.36. The van der Waals surface area contributed by atoms with E-state index in [4.69, 9.17) is 11.6 Å². The zero-order valence-electron chi connectivity index (χ0n) is 14.9. The molecule has 0 saturated carbocycles. The summed E-state index contributed by atoms with van der Waals surface area (Å²) in [6.07, 6.45) is -0.108. The number of aromatic nitrogens is 2. The van der Waals surface area contributed by atoms with Gasteiger partial charge in [0.1, 0.15) is 17.7 Å². The maximum atomic E-state index is 13.3. The van der Waals surface area contributed by atoms with Crippen molar-refractivity contribution in [1.82, 2.24) is 9.78 Å². The van der Waals surface area contributed by atoms with Crippen LogP contribution < -0.4 is 10.6 Å². The van der Waals surface area contributed by atoms with E-state index >= 15 is 0 Å². The monoisotopic (exact) mass is 398 g/mol. The minimum Gasteiger partial charge on any atom is -0.326 e. The molecule has 0 aliphatic carbocycles. The van der Waals surface area contributed by atoms with Crippen molar-refractivity contribution in [2.45, 2.75) is 19.4 Å². The first-order valence-electron chi connectivity index (χ1n) is 8.64. The molecule has 142 valence electrons. The highest BCUT2D eigenvalue weighted by Crippen LogP contribution is 2.38. The fraction of sp³-hybridized carbons (Fsp3) is 0.150. The van der Waals surface area contributed by atoms with E-state index in [-0.39, 0.29) is 17.4 Å². The first-order valence-corrected chi connectivity index (χ1v) is 9.02. The molecule has 2 heterocycles. The van der Waals surface area contributed by atoms with Crippen LogP contribution in [0.3, 0.4) is 0 Å². The molecule has 8 heteroatoms. The van der Waals surface area contributed by atoms with Crippen molar-refractivity contribution in [3.63, 3.8) is 0 Å². The Bertz CT molecular complexity index is 1080. The topological polar surface area (TPSA) is 76.0 Å². The summed E-state index contributed by atoms with van der Waals surface area (Å²) >= 11 is 5.73. The lowest BCUT2D eigenvalue weighted by Gasteiger charge is -2.10. The van der Waals surface area contributed by atoms with Gasteiger partial charge in [-0.1, -0.05) is 41.9 Å². The Morgan fingerprint density at radius 3 is 2.75 bits per heavy atom. The number of halogens is 2. The summed E-state index contributed by atoms with van der Waals surface area (Å²) in [4.78, 5) is 24.9. The zero-order chi connectivity index (χ0) is 19.8. The average Bonchev–Trinajstić information content (AvgIpc) is 3.13. The second kappa shape index (κ2) is 7.09. The Morgan fingerprint density at radius 2 is 2.04 bits per heavy atom. The average molecular weight is 399 g/mol. The van der Waals surface area contributed by atoms with E-state index in [0.717, 1.165) is 16.8 Å². The van der Waals surface area contributed by atoms with Crippen LogP contribution in [0.5, 0.6) is 0 Å². The van der Waals surface area contributed by atoms with Crippen molar-refractivity contribution in [3.8, 4) is 11.1 Å². The minimum absolute atomic E-state index is 0.0890. The fourth-order valence-electron chi connectivity index (χ4n) is 3.29. The third kappa shape index (κ3) is 3.25. The molecule has 0 radical (unpaired) electrons. The molecule has 4 rings (SSSR count). The van der Waals surface area contributed by atoms with Gasteiger partial charge in [-0.25, -0.2) is 9.07 Å². The van der Waals surface area contributed by atoms with Crippen molar-refractivity contribution in [1.29, 1.82) is 0 Å². The molecule has 0 saturated heterocycles. The molecule has 2 amide bonds. The van der Waals surface area contributed by atoms with E-state index in [2.05, 4.69) is 15.7 Å². The number of hydrogen-bond donors (Lipinski definition) is 2. The molecule has 0 bridgehead atoms. The van der Waals surface area contributed by atoms with Crippen molar-refractivity contribution < 1.29 is 14.0 Å². The van der Waals surface area contributed by atoms with Crippen molar-refractivity contribution in [2.24, 2.45) is 0 Å². The van der Waals surface area contributed by atoms with Gasteiger partial charge in [0.2, 0.25) is 5.91 Å². The summed E-state index contributed by atoms with van der Waals surface area (Å²) in [5.41, 5.74) is 2.89. The number of carbonyl (C=O) groups is 2. The third-order valence-electron chi connectivity index (χ3n) is 4.57. The minimum atomic E-state index is -0.762. The summed E-state index contributed by atoms with van der Waals surface area (Å²) in [6.45, 7) is 1.86. The maximum absolute atomic E-state index is 13.3. The van der Waals surface area contributed by atoms with Crippen LogP contribution >= 0.6 is 11.6 Å². The van der Waals surface area contributed by atoms with Gasteiger partial charge >= 0.3 is 0 Å². The number of nitrogens with zero attached hydrogens (tertiary/aromatic N) is 2. The van der Waals surface area contributed by atoms with Crippen molar-refractivity contribution in [2.75, 3.05) is 10.6 Å². The highest BCUT2D eigenvalue weighted by atomic mass is 35.5. The number of anilines is 2. The molecule has 1 unspecified atom stereocenters. The number of aryl methyl sites for hydroxylation is 1. The Kier molecular flexibility index (Phi) is 4.60. The number of carbonyl (C=O) groups excluding carboxylic acids is 2. The SMILES string of the molecule is Cc1nn2c(c1-c1ccccc1)NC(=O)C2CC(=O)Nc1ccc(F)c(Cl)c1. The summed E-state index contributed by atoms with van der Waals surface area (Å²) in [5, 5.41) is 9.84. The van der Waals surface area contributed by atoms with Crippen LogP contribution in [-0.4, -0.2) is 21.6 Å². The van der Waals surface area contributed by atoms with Crippen molar-refractivity contribution >= 4 is 34.9 Å². The van der Waals surface area contributed by atoms with Gasteiger partial charge < -0.3 is 10.6 Å². The largest absolute Gasteiger partial charge is 0.326 e. The van der Waals surface area contributed by atoms with Crippen molar-refractivity contribution in [3.05, 3.63) is 65.1 Å². The zero-order valence-corrected chi connectivity index (χ0v) is 15.6. The lowest BCUT2D eigenvalue weighted by Crippen LogP contribution is -2.23. The smallest absolute Gasteiger partial charge is 0.251 e. The van der Waals surface area contributed by atoms with Crippen LogP contribution in [0.2, 0.25) is 5.02 Å². The predicted octanol–water partition coefficient (Wildman–Crippen LogP) is 4.17. The Hall–Kier alpha value is -3.19. The van der Waals surface area contributed by atoms with Crippen LogP contribution in [0.15, 0.2) is 48.5 Å². The van der Waals surface area contributed by atoms with E-state index in [1.165, 1.54) is 18.2 Å². The Morgan fingerprint density at radius 1 is 1.29 bits per heavy atom. The highest BCUT2D eigenvalue weighted by molar-refractivity contribution is 6.31. The fourth-order valence-corrected chi connectivity index (χ4v) is 3.48. The number of rotatable bonds is 4. The van der Waals surface area contributed by atoms with Crippen LogP contribution in [0.25, 0.3) is 11.1 Å². The van der Waals surface area contributed by atoms with E-state index in [1.807, 2.05) is 37.3 Å². The standard InChI is InChI=1S/C20H16ClFN4O2/c1-11-18(12-5-3-2-4-6-12)19-24-20(28)16(26(19)25-11)10-17(27)23-13-7-8-15(22)14(21)9-13/h2-9,16H,10H2,1H3,(H,23,27)(H,24,28). The molecule has 0 fully saturated rings. The lowest BCUT2D eigenvalue weighted by atomic mass is 10.1. The number of amides is 2. The lowest BCUT2D eigenvalue weighted by molar-refractivity contribution is -0.123. The maximum Gasteiger partial charge on any atom is 0.251 e. The van der Waals surface area contributed by atoms with Gasteiger partial charge in [0.25, 0.3) is 5.91 Å². The Balaban J connectivity index is 1.57. The summed E-state index contributed by atoms with van der Waals surface area (Å²) < 4.78 is 14.8. The first-order chi connectivity index (χ1) is 13.4. The summed E-state index contributed by atoms with van der Waals surface area (Å²) in [5.74, 6) is -0.687. The molecule has 28 heavy (non-hydrogen) atoms. The molecule has 6 nitrogen and oxygen atoms in total. The van der Waals surface area contributed by atoms with Crippen LogP contribution in [0.4, 0.5) is 15.9 Å². The summed E-state index contributed by atoms with van der Waals surface area (Å²) in [7, 11) is 0. The number of nitrogens with one attached hydrogen (secondary N) is 2. The summed E-state index contributed by atoms with van der Waals surface area (Å²) in [6, 6.07) is 12.7. The second-order valence-electron chi connectivity index (χ2n) is 6.51. The molecule has 0 spiro atoms. The van der Waals surface area contributed by atoms with E-state index < -0.39 is 17.8 Å². The van der Waals surface area contributed by atoms with Gasteiger partial charge in [-0.3, -0.25) is 9.59 Å². The van der Waals surface area contributed by atoms with Gasteiger partial charge in [0.15, 0.2) is 0 Å². The molecule has 3 aromatic rings. The van der Waals surface area contributed by atoms with Gasteiger partial charge in [-0.2, -0.15) is 5.10 Å². The molecular weight excluding hydrogens is 383 g/mol. The van der Waals surface area contributed by atoms with Gasteiger partial charge in [-0.15, -0.1) is 0 Å². The van der Waals surface area contributed by atoms with Gasteiger partial charge in [0.05, 0.1) is 17.1 Å². The Labute approximate surface area is 165 Å². The molecule has 2 N–H and O–H groups in total. The molecule has 1 atom stereocenters. The van der Waals surface area contributed by atoms with E-state index in [0.29, 0.717) is 11.5 Å². The third-order valence-corrected chi connectivity index (χ3v) is 4.86. The van der Waals surface area contributed by atoms with E-state index in [1.54, 1.807) is 4.68 Å². The van der Waals surface area contributed by atoms with Gasteiger partial charge in [-0.05, 0) is 30.7 Å². The molecule has 2 aromatic carbocycles. The van der Waals surface area contributed by atoms with Crippen LogP contribution in [-0.2, 0) is 9.59 Å². The van der Waals surface area contributed by atoms with E-state index in [9.17, 15) is 14.0 Å². The molecule has 1 aliphatic rings. The first kappa shape index (κ1) is 18.2.